The summed E-state index contributed by atoms with van der Waals surface area (Å²) in [5, 5.41) is 1.70. The number of fused-ring (bicyclic) bond motifs is 1. The van der Waals surface area contributed by atoms with Gasteiger partial charge >= 0.3 is 0 Å². The molecule has 0 bridgehead atoms. The zero-order chi connectivity index (χ0) is 15.0. The van der Waals surface area contributed by atoms with Gasteiger partial charge in [-0.2, -0.15) is 0 Å². The molecule has 0 saturated carbocycles. The summed E-state index contributed by atoms with van der Waals surface area (Å²) < 4.78 is 18.8. The fraction of sp³-hybridized carbons (Fsp3) is 0.125. The number of nitrogens with two attached hydrogens (primary N) is 1. The molecule has 0 aliphatic heterocycles. The van der Waals surface area contributed by atoms with Crippen LogP contribution >= 0.6 is 23.2 Å². The predicted molar refractivity (Wildman–Crippen MR) is 83.3 cm³/mol. The first kappa shape index (κ1) is 14.4. The van der Waals surface area contributed by atoms with Gasteiger partial charge in [0.2, 0.25) is 0 Å². The van der Waals surface area contributed by atoms with Crippen LogP contribution in [-0.2, 0) is 6.42 Å². The van der Waals surface area contributed by atoms with Crippen LogP contribution in [0.5, 0.6) is 0 Å². The Labute approximate surface area is 131 Å². The van der Waals surface area contributed by atoms with Crippen LogP contribution in [-0.4, -0.2) is 0 Å². The lowest BCUT2D eigenvalue weighted by atomic mass is 10.0. The Morgan fingerprint density at radius 3 is 2.62 bits per heavy atom. The smallest absolute Gasteiger partial charge is 0.134 e. The van der Waals surface area contributed by atoms with Crippen LogP contribution in [0.1, 0.15) is 17.4 Å². The van der Waals surface area contributed by atoms with Crippen molar-refractivity contribution >= 4 is 34.2 Å². The van der Waals surface area contributed by atoms with E-state index in [0.29, 0.717) is 33.2 Å². The minimum atomic E-state index is -0.335. The molecule has 0 aliphatic rings. The van der Waals surface area contributed by atoms with Crippen LogP contribution < -0.4 is 5.73 Å². The van der Waals surface area contributed by atoms with Crippen molar-refractivity contribution in [2.45, 2.75) is 12.5 Å². The van der Waals surface area contributed by atoms with E-state index in [1.165, 1.54) is 12.1 Å². The fourth-order valence-electron chi connectivity index (χ4n) is 2.24. The van der Waals surface area contributed by atoms with Crippen molar-refractivity contribution in [2.75, 3.05) is 0 Å². The van der Waals surface area contributed by atoms with Gasteiger partial charge in [-0.3, -0.25) is 0 Å². The molecule has 1 atom stereocenters. The third-order valence-corrected chi connectivity index (χ3v) is 4.04. The molecule has 0 fully saturated rings. The average molecular weight is 324 g/mol. The first-order valence-corrected chi connectivity index (χ1v) is 7.17. The maximum atomic E-state index is 13.2. The highest BCUT2D eigenvalue weighted by Gasteiger charge is 2.14. The Bertz CT molecular complexity index is 800. The van der Waals surface area contributed by atoms with E-state index in [9.17, 15) is 4.39 Å². The maximum absolute atomic E-state index is 13.2. The standard InChI is InChI=1S/C16H12Cl2FNO/c17-12-3-1-9(5-13(12)18)6-14(20)16-8-10-7-11(19)2-4-15(10)21-16/h1-5,7-8,14H,6,20H2. The first-order valence-electron chi connectivity index (χ1n) is 6.41. The van der Waals surface area contributed by atoms with Gasteiger partial charge in [-0.15, -0.1) is 0 Å². The lowest BCUT2D eigenvalue weighted by Crippen LogP contribution is -2.12. The maximum Gasteiger partial charge on any atom is 0.134 e. The van der Waals surface area contributed by atoms with Crippen molar-refractivity contribution in [3.05, 3.63) is 69.7 Å². The minimum Gasteiger partial charge on any atom is -0.459 e. The lowest BCUT2D eigenvalue weighted by Gasteiger charge is -2.09. The molecule has 3 rings (SSSR count). The number of benzene rings is 2. The van der Waals surface area contributed by atoms with Crippen molar-refractivity contribution in [1.29, 1.82) is 0 Å². The Hall–Kier alpha value is -1.55. The Balaban J connectivity index is 1.85. The molecular weight excluding hydrogens is 312 g/mol. The molecule has 108 valence electrons. The van der Waals surface area contributed by atoms with Gasteiger partial charge in [0, 0.05) is 5.39 Å². The van der Waals surface area contributed by atoms with Crippen LogP contribution in [0.25, 0.3) is 11.0 Å². The van der Waals surface area contributed by atoms with Gasteiger partial charge in [0.15, 0.2) is 0 Å². The van der Waals surface area contributed by atoms with E-state index in [1.54, 1.807) is 24.3 Å². The van der Waals surface area contributed by atoms with Gasteiger partial charge < -0.3 is 10.2 Å². The SMILES string of the molecule is NC(Cc1ccc(Cl)c(Cl)c1)c1cc2cc(F)ccc2o1. The third-order valence-electron chi connectivity index (χ3n) is 3.30. The summed E-state index contributed by atoms with van der Waals surface area (Å²) in [5.41, 5.74) is 7.74. The summed E-state index contributed by atoms with van der Waals surface area (Å²) in [7, 11) is 0. The lowest BCUT2D eigenvalue weighted by molar-refractivity contribution is 0.493. The number of hydrogen-bond acceptors (Lipinski definition) is 2. The number of rotatable bonds is 3. The third kappa shape index (κ3) is 3.05. The van der Waals surface area contributed by atoms with Gasteiger partial charge in [0.05, 0.1) is 16.1 Å². The van der Waals surface area contributed by atoms with Crippen LogP contribution in [0.3, 0.4) is 0 Å². The molecule has 2 nitrogen and oxygen atoms in total. The van der Waals surface area contributed by atoms with Crippen LogP contribution in [0.4, 0.5) is 4.39 Å². The van der Waals surface area contributed by atoms with E-state index < -0.39 is 0 Å². The Morgan fingerprint density at radius 1 is 1.05 bits per heavy atom. The van der Waals surface area contributed by atoms with Crippen molar-refractivity contribution in [3.63, 3.8) is 0 Å². The Kier molecular flexibility index (Phi) is 3.89. The van der Waals surface area contributed by atoms with Crippen molar-refractivity contribution < 1.29 is 8.81 Å². The molecule has 0 aliphatic carbocycles. The monoisotopic (exact) mass is 323 g/mol. The minimum absolute atomic E-state index is 0.298. The molecule has 5 heteroatoms. The second kappa shape index (κ2) is 5.68. The second-order valence-corrected chi connectivity index (χ2v) is 5.70. The average Bonchev–Trinajstić information content (AvgIpc) is 2.86. The largest absolute Gasteiger partial charge is 0.459 e. The molecule has 0 saturated heterocycles. The van der Waals surface area contributed by atoms with Crippen molar-refractivity contribution in [3.8, 4) is 0 Å². The van der Waals surface area contributed by atoms with E-state index in [1.807, 2.05) is 6.07 Å². The highest BCUT2D eigenvalue weighted by Crippen LogP contribution is 2.28. The molecule has 0 radical (unpaired) electrons. The molecule has 0 spiro atoms. The number of hydrogen-bond donors (Lipinski definition) is 1. The summed E-state index contributed by atoms with van der Waals surface area (Å²) in [6, 6.07) is 11.2. The molecule has 1 unspecified atom stereocenters. The highest BCUT2D eigenvalue weighted by molar-refractivity contribution is 6.42. The topological polar surface area (TPSA) is 39.2 Å². The highest BCUT2D eigenvalue weighted by atomic mass is 35.5. The van der Waals surface area contributed by atoms with Crippen molar-refractivity contribution in [1.82, 2.24) is 0 Å². The van der Waals surface area contributed by atoms with Gasteiger partial charge in [0.25, 0.3) is 0 Å². The van der Waals surface area contributed by atoms with E-state index in [0.717, 1.165) is 5.56 Å². The molecule has 2 aromatic carbocycles. The van der Waals surface area contributed by atoms with Crippen LogP contribution in [0.2, 0.25) is 10.0 Å². The normalized spacial score (nSPS) is 12.8. The van der Waals surface area contributed by atoms with Crippen LogP contribution in [0, 0.1) is 5.82 Å². The predicted octanol–water partition coefficient (Wildman–Crippen LogP) is 5.12. The first-order chi connectivity index (χ1) is 10.0. The number of furan rings is 1. The molecule has 1 heterocycles. The summed E-state index contributed by atoms with van der Waals surface area (Å²) in [5.74, 6) is 0.314. The van der Waals surface area contributed by atoms with Crippen molar-refractivity contribution in [2.24, 2.45) is 5.73 Å². The van der Waals surface area contributed by atoms with Crippen LogP contribution in [0.15, 0.2) is 46.9 Å². The number of halogens is 3. The molecule has 1 aromatic heterocycles. The van der Waals surface area contributed by atoms with Gasteiger partial charge in [-0.1, -0.05) is 29.3 Å². The summed E-state index contributed by atoms with van der Waals surface area (Å²) in [6.07, 6.45) is 0.555. The molecule has 2 N–H and O–H groups in total. The van der Waals surface area contributed by atoms with E-state index in [2.05, 4.69) is 0 Å². The molecule has 21 heavy (non-hydrogen) atoms. The Morgan fingerprint density at radius 2 is 1.86 bits per heavy atom. The van der Waals surface area contributed by atoms with E-state index >= 15 is 0 Å². The zero-order valence-corrected chi connectivity index (χ0v) is 12.5. The summed E-state index contributed by atoms with van der Waals surface area (Å²) in [6.45, 7) is 0. The quantitative estimate of drug-likeness (QED) is 0.726. The summed E-state index contributed by atoms with van der Waals surface area (Å²) >= 11 is 11.9. The second-order valence-electron chi connectivity index (χ2n) is 4.89. The molecular formula is C16H12Cl2FNO. The summed E-state index contributed by atoms with van der Waals surface area (Å²) in [4.78, 5) is 0. The van der Waals surface area contributed by atoms with Gasteiger partial charge in [-0.25, -0.2) is 4.39 Å². The van der Waals surface area contributed by atoms with E-state index in [-0.39, 0.29) is 11.9 Å². The van der Waals surface area contributed by atoms with E-state index in [4.69, 9.17) is 33.4 Å². The fourth-order valence-corrected chi connectivity index (χ4v) is 2.56. The van der Waals surface area contributed by atoms with Gasteiger partial charge in [-0.05, 0) is 48.4 Å². The molecule has 3 aromatic rings. The zero-order valence-electron chi connectivity index (χ0n) is 10.9. The molecule has 0 amide bonds. The van der Waals surface area contributed by atoms with Gasteiger partial charge in [0.1, 0.15) is 17.2 Å².